The molecule has 0 radical (unpaired) electrons. The fraction of sp³-hybridized carbons (Fsp3) is 0.235. The molecule has 0 saturated carbocycles. The number of methoxy groups -OCH3 is 1. The molecule has 224 valence electrons. The van der Waals surface area contributed by atoms with E-state index in [0.717, 1.165) is 22.1 Å². The molecule has 2 aliphatic rings. The van der Waals surface area contributed by atoms with Crippen LogP contribution in [0.3, 0.4) is 0 Å². The number of esters is 1. The minimum Gasteiger partial charge on any atom is -0.497 e. The van der Waals surface area contributed by atoms with Crippen molar-refractivity contribution in [2.45, 2.75) is 39.3 Å². The Morgan fingerprint density at radius 1 is 1.02 bits per heavy atom. The molecule has 3 heterocycles. The highest BCUT2D eigenvalue weighted by Crippen LogP contribution is 2.39. The molecule has 0 saturated heterocycles. The van der Waals surface area contributed by atoms with E-state index in [0.29, 0.717) is 51.5 Å². The van der Waals surface area contributed by atoms with E-state index in [1.807, 2.05) is 79.7 Å². The van der Waals surface area contributed by atoms with Crippen LogP contribution in [0.15, 0.2) is 98.3 Å². The van der Waals surface area contributed by atoms with Crippen LogP contribution < -0.4 is 24.5 Å². The van der Waals surface area contributed by atoms with Gasteiger partial charge in [-0.3, -0.25) is 14.2 Å². The lowest BCUT2D eigenvalue weighted by molar-refractivity contribution is -0.139. The van der Waals surface area contributed by atoms with Crippen molar-refractivity contribution in [2.24, 2.45) is 4.99 Å². The van der Waals surface area contributed by atoms with Crippen LogP contribution in [0, 0.1) is 0 Å². The first-order valence-corrected chi connectivity index (χ1v) is 16.0. The van der Waals surface area contributed by atoms with Crippen LogP contribution in [-0.4, -0.2) is 30.2 Å². The molecule has 1 aromatic heterocycles. The Hall–Kier alpha value is -4.28. The van der Waals surface area contributed by atoms with E-state index < -0.39 is 17.6 Å². The van der Waals surface area contributed by atoms with Gasteiger partial charge in [0.05, 0.1) is 48.8 Å². The number of halogens is 1. The minimum atomic E-state index is -0.810. The normalized spacial score (nSPS) is 16.9. The smallest absolute Gasteiger partial charge is 0.338 e. The van der Waals surface area contributed by atoms with Crippen LogP contribution in [0.4, 0.5) is 5.69 Å². The highest BCUT2D eigenvalue weighted by Gasteiger charge is 2.38. The molecule has 3 aromatic carbocycles. The summed E-state index contributed by atoms with van der Waals surface area (Å²) in [6, 6.07) is 21.9. The first kappa shape index (κ1) is 29.8. The molecule has 0 aliphatic carbocycles. The monoisotopic (exact) mass is 671 g/mol. The zero-order valence-electron chi connectivity index (χ0n) is 24.5. The van der Waals surface area contributed by atoms with Gasteiger partial charge in [-0.25, -0.2) is 9.79 Å². The maximum absolute atomic E-state index is 14.5. The molecular formula is C34H30BrN3O5S. The molecular weight excluding hydrogens is 642 g/mol. The summed E-state index contributed by atoms with van der Waals surface area (Å²) in [4.78, 5) is 49.3. The lowest BCUT2D eigenvalue weighted by atomic mass is 9.94. The fourth-order valence-corrected chi connectivity index (χ4v) is 7.22. The third-order valence-corrected chi connectivity index (χ3v) is 9.21. The number of benzene rings is 3. The van der Waals surface area contributed by atoms with Gasteiger partial charge in [0.15, 0.2) is 4.80 Å². The summed E-state index contributed by atoms with van der Waals surface area (Å²) >= 11 is 4.73. The number of rotatable bonds is 8. The van der Waals surface area contributed by atoms with Crippen molar-refractivity contribution in [3.8, 4) is 5.75 Å². The van der Waals surface area contributed by atoms with Crippen molar-refractivity contribution >= 4 is 50.4 Å². The van der Waals surface area contributed by atoms with E-state index in [2.05, 4.69) is 15.9 Å². The van der Waals surface area contributed by atoms with Crippen LogP contribution >= 0.6 is 27.3 Å². The number of hydrogen-bond donors (Lipinski definition) is 0. The van der Waals surface area contributed by atoms with E-state index in [1.165, 1.54) is 15.9 Å². The number of carbonyl (C=O) groups excluding carboxylic acids is 2. The van der Waals surface area contributed by atoms with Crippen molar-refractivity contribution in [1.82, 2.24) is 4.57 Å². The van der Waals surface area contributed by atoms with Gasteiger partial charge in [0, 0.05) is 10.0 Å². The molecule has 0 spiro atoms. The van der Waals surface area contributed by atoms with Crippen LogP contribution in [0.1, 0.15) is 49.4 Å². The molecule has 0 N–H and O–H groups in total. The summed E-state index contributed by atoms with van der Waals surface area (Å²) in [5.41, 5.74) is 3.87. The highest BCUT2D eigenvalue weighted by molar-refractivity contribution is 9.10. The number of carbonyl (C=O) groups is 2. The van der Waals surface area contributed by atoms with Gasteiger partial charge >= 0.3 is 5.97 Å². The quantitative estimate of drug-likeness (QED) is 0.238. The van der Waals surface area contributed by atoms with Gasteiger partial charge in [-0.1, -0.05) is 83.1 Å². The van der Waals surface area contributed by atoms with Gasteiger partial charge in [0.25, 0.3) is 11.5 Å². The maximum Gasteiger partial charge on any atom is 0.338 e. The second-order valence-electron chi connectivity index (χ2n) is 10.4. The SMILES string of the molecule is CCCC1=C(C(=O)OCC)[C@@H](c2cccc(OC)c2)n2c(s/c(=C3\C(=O)N(Cc4ccccc4)c4ccc(Br)cc43)c2=O)=N1. The number of hydrogen-bond acceptors (Lipinski definition) is 7. The molecule has 2 aliphatic heterocycles. The minimum absolute atomic E-state index is 0.179. The largest absolute Gasteiger partial charge is 0.497 e. The van der Waals surface area contributed by atoms with E-state index >= 15 is 0 Å². The lowest BCUT2D eigenvalue weighted by Gasteiger charge is -2.26. The number of allylic oxidation sites excluding steroid dienone is 1. The molecule has 4 aromatic rings. The summed E-state index contributed by atoms with van der Waals surface area (Å²) in [7, 11) is 1.57. The number of anilines is 1. The zero-order valence-corrected chi connectivity index (χ0v) is 26.9. The van der Waals surface area contributed by atoms with Gasteiger partial charge in [-0.15, -0.1) is 0 Å². The van der Waals surface area contributed by atoms with Crippen molar-refractivity contribution in [2.75, 3.05) is 18.6 Å². The average molecular weight is 673 g/mol. The van der Waals surface area contributed by atoms with Gasteiger partial charge < -0.3 is 14.4 Å². The molecule has 0 unspecified atom stereocenters. The van der Waals surface area contributed by atoms with Crippen LogP contribution in [0.2, 0.25) is 0 Å². The summed E-state index contributed by atoms with van der Waals surface area (Å²) in [6.07, 6.45) is 1.26. The standard InChI is InChI=1S/C34H30BrN3O5S/c1-4-10-25-28(33(41)43-5-2)29(21-13-9-14-23(17-21)42-3)38-32(40)30(44-34(38)36-25)27-24-18-22(35)15-16-26(24)37(31(27)39)19-20-11-7-6-8-12-20/h6-9,11-18,29H,4-5,10,19H2,1-3H3/b30-27-/t29-/m1/s1. The van der Waals surface area contributed by atoms with Crippen molar-refractivity contribution in [3.05, 3.63) is 125 Å². The summed E-state index contributed by atoms with van der Waals surface area (Å²) < 4.78 is 13.6. The van der Waals surface area contributed by atoms with Gasteiger partial charge in [0.1, 0.15) is 10.3 Å². The maximum atomic E-state index is 14.5. The Kier molecular flexibility index (Phi) is 8.38. The molecule has 8 nitrogen and oxygen atoms in total. The van der Waals surface area contributed by atoms with Crippen LogP contribution in [0.25, 0.3) is 5.57 Å². The summed E-state index contributed by atoms with van der Waals surface area (Å²) in [5.74, 6) is -0.194. The Bertz CT molecular complexity index is 2000. The topological polar surface area (TPSA) is 90.2 Å². The van der Waals surface area contributed by atoms with Crippen molar-refractivity contribution in [3.63, 3.8) is 0 Å². The van der Waals surface area contributed by atoms with Gasteiger partial charge in [-0.2, -0.15) is 0 Å². The molecule has 10 heteroatoms. The van der Waals surface area contributed by atoms with E-state index in [1.54, 1.807) is 18.9 Å². The molecule has 44 heavy (non-hydrogen) atoms. The summed E-state index contributed by atoms with van der Waals surface area (Å²) in [6.45, 7) is 4.29. The lowest BCUT2D eigenvalue weighted by Crippen LogP contribution is -2.41. The predicted octanol–water partition coefficient (Wildman–Crippen LogP) is 5.27. The first-order chi connectivity index (χ1) is 21.4. The Morgan fingerprint density at radius 3 is 2.55 bits per heavy atom. The Balaban J connectivity index is 1.63. The van der Waals surface area contributed by atoms with Gasteiger partial charge in [-0.05, 0) is 54.8 Å². The number of amides is 1. The molecule has 6 rings (SSSR count). The van der Waals surface area contributed by atoms with E-state index in [9.17, 15) is 14.4 Å². The number of fused-ring (bicyclic) bond motifs is 2. The molecule has 1 amide bonds. The average Bonchev–Trinajstić information content (AvgIpc) is 3.48. The van der Waals surface area contributed by atoms with E-state index in [-0.39, 0.29) is 17.0 Å². The Morgan fingerprint density at radius 2 is 1.82 bits per heavy atom. The second kappa shape index (κ2) is 12.4. The molecule has 0 bridgehead atoms. The van der Waals surface area contributed by atoms with Gasteiger partial charge in [0.2, 0.25) is 0 Å². The van der Waals surface area contributed by atoms with Crippen LogP contribution in [0.5, 0.6) is 5.75 Å². The molecule has 1 atom stereocenters. The number of ether oxygens (including phenoxy) is 2. The predicted molar refractivity (Wildman–Crippen MR) is 173 cm³/mol. The van der Waals surface area contributed by atoms with Crippen LogP contribution in [-0.2, 0) is 20.9 Å². The molecule has 0 fully saturated rings. The first-order valence-electron chi connectivity index (χ1n) is 14.4. The fourth-order valence-electron chi connectivity index (χ4n) is 5.74. The highest BCUT2D eigenvalue weighted by atomic mass is 79.9. The number of nitrogens with zero attached hydrogens (tertiary/aromatic N) is 3. The van der Waals surface area contributed by atoms with Crippen molar-refractivity contribution < 1.29 is 19.1 Å². The zero-order chi connectivity index (χ0) is 31.0. The third kappa shape index (κ3) is 5.22. The number of aromatic nitrogens is 1. The van der Waals surface area contributed by atoms with E-state index in [4.69, 9.17) is 14.5 Å². The summed E-state index contributed by atoms with van der Waals surface area (Å²) in [5, 5.41) is 0. The second-order valence-corrected chi connectivity index (χ2v) is 12.3. The Labute approximate surface area is 266 Å². The van der Waals surface area contributed by atoms with Crippen molar-refractivity contribution in [1.29, 1.82) is 0 Å². The number of thiazole rings is 1. The third-order valence-electron chi connectivity index (χ3n) is 7.67.